The van der Waals surface area contributed by atoms with Crippen molar-refractivity contribution in [1.29, 1.82) is 0 Å². The lowest BCUT2D eigenvalue weighted by Crippen LogP contribution is -2.35. The fraction of sp³-hybridized carbons (Fsp3) is 0.217. The molecule has 0 spiro atoms. The van der Waals surface area contributed by atoms with E-state index in [0.717, 1.165) is 22.4 Å². The monoisotopic (exact) mass is 464 g/mol. The zero-order valence-corrected chi connectivity index (χ0v) is 18.7. The lowest BCUT2D eigenvalue weighted by molar-refractivity contribution is -0.128. The second-order valence-corrected chi connectivity index (χ2v) is 8.58. The zero-order valence-electron chi connectivity index (χ0n) is 17.9. The van der Waals surface area contributed by atoms with Crippen molar-refractivity contribution in [2.45, 2.75) is 18.4 Å². The van der Waals surface area contributed by atoms with Crippen LogP contribution in [0.1, 0.15) is 22.5 Å². The van der Waals surface area contributed by atoms with E-state index >= 15 is 0 Å². The third-order valence-electron chi connectivity index (χ3n) is 5.55. The number of methoxy groups -OCH3 is 2. The maximum atomic E-state index is 13.1. The second-order valence-electron chi connectivity index (χ2n) is 7.60. The quantitative estimate of drug-likeness (QED) is 0.417. The number of aromatic nitrogens is 3. The van der Waals surface area contributed by atoms with Crippen molar-refractivity contribution in [3.05, 3.63) is 53.7 Å². The predicted octanol–water partition coefficient (Wildman–Crippen LogP) is 3.34. The van der Waals surface area contributed by atoms with Crippen molar-refractivity contribution in [3.63, 3.8) is 0 Å². The number of carbonyl (C=O) groups excluding carboxylic acids is 2. The first-order valence-electron chi connectivity index (χ1n) is 10.1. The number of fused-ring (bicyclic) bond motifs is 1. The molecule has 1 amide bonds. The highest BCUT2D eigenvalue weighted by molar-refractivity contribution is 7.16. The number of primary amides is 1. The van der Waals surface area contributed by atoms with E-state index in [4.69, 9.17) is 24.9 Å². The number of rotatable bonds is 7. The van der Waals surface area contributed by atoms with Gasteiger partial charge in [-0.25, -0.2) is 14.8 Å². The van der Waals surface area contributed by atoms with Gasteiger partial charge in [-0.05, 0) is 0 Å². The van der Waals surface area contributed by atoms with Crippen molar-refractivity contribution in [3.8, 4) is 27.9 Å². The van der Waals surface area contributed by atoms with Gasteiger partial charge in [0.25, 0.3) is 5.91 Å². The number of nitrogens with two attached hydrogens (primary N) is 1. The van der Waals surface area contributed by atoms with Crippen molar-refractivity contribution in [2.75, 3.05) is 14.2 Å². The first-order valence-corrected chi connectivity index (χ1v) is 11.0. The van der Waals surface area contributed by atoms with Crippen LogP contribution in [0.4, 0.5) is 0 Å². The predicted molar refractivity (Wildman–Crippen MR) is 122 cm³/mol. The molecule has 33 heavy (non-hydrogen) atoms. The van der Waals surface area contributed by atoms with Crippen LogP contribution in [-0.2, 0) is 9.53 Å². The largest absolute Gasteiger partial charge is 0.493 e. The van der Waals surface area contributed by atoms with Crippen LogP contribution in [-0.4, -0.2) is 46.2 Å². The Morgan fingerprint density at radius 2 is 1.79 bits per heavy atom. The van der Waals surface area contributed by atoms with E-state index < -0.39 is 17.5 Å². The van der Waals surface area contributed by atoms with Gasteiger partial charge >= 0.3 is 5.97 Å². The van der Waals surface area contributed by atoms with E-state index in [1.165, 1.54) is 0 Å². The first-order chi connectivity index (χ1) is 16.0. The summed E-state index contributed by atoms with van der Waals surface area (Å²) in [6.07, 6.45) is 2.47. The lowest BCUT2D eigenvalue weighted by Gasteiger charge is -2.12. The summed E-state index contributed by atoms with van der Waals surface area (Å²) in [7, 11) is 3.12. The molecule has 0 bridgehead atoms. The minimum Gasteiger partial charge on any atom is -0.493 e. The van der Waals surface area contributed by atoms with Gasteiger partial charge in [0, 0.05) is 30.5 Å². The fourth-order valence-electron chi connectivity index (χ4n) is 3.57. The molecule has 0 radical (unpaired) electrons. The van der Waals surface area contributed by atoms with E-state index in [1.54, 1.807) is 37.2 Å². The summed E-state index contributed by atoms with van der Waals surface area (Å²) in [6, 6.07) is 12.9. The van der Waals surface area contributed by atoms with Gasteiger partial charge in [-0.15, -0.1) is 0 Å². The summed E-state index contributed by atoms with van der Waals surface area (Å²) >= 11 is 1.15. The SMILES string of the molecule is COc1cc2ncn(-c3nc(-c4ccccc4)c(C(=O)OC4(C(N)=O)CC4)s3)c2cc1OC. The molecule has 1 saturated carbocycles. The van der Waals surface area contributed by atoms with Crippen LogP contribution >= 0.6 is 11.3 Å². The molecular formula is C23H20N4O5S. The number of amides is 1. The standard InChI is InChI=1S/C23H20N4O5S/c1-30-16-10-14-15(11-17(16)31-2)27(12-25-14)22-26-18(13-6-4-3-5-7-13)19(33-22)20(28)32-23(8-9-23)21(24)29/h3-7,10-12H,8-9H2,1-2H3,(H2,24,29). The maximum Gasteiger partial charge on any atom is 0.351 e. The summed E-state index contributed by atoms with van der Waals surface area (Å²) in [6.45, 7) is 0. The minimum absolute atomic E-state index is 0.283. The Labute approximate surface area is 192 Å². The van der Waals surface area contributed by atoms with E-state index in [1.807, 2.05) is 30.3 Å². The van der Waals surface area contributed by atoms with Gasteiger partial charge in [-0.3, -0.25) is 9.36 Å². The molecule has 1 fully saturated rings. The normalized spacial score (nSPS) is 14.1. The van der Waals surface area contributed by atoms with Gasteiger partial charge in [0.15, 0.2) is 22.2 Å². The van der Waals surface area contributed by atoms with E-state index in [0.29, 0.717) is 40.7 Å². The van der Waals surface area contributed by atoms with Crippen LogP contribution in [0.25, 0.3) is 27.4 Å². The Kier molecular flexibility index (Phi) is 5.01. The molecule has 5 rings (SSSR count). The van der Waals surface area contributed by atoms with Gasteiger partial charge in [0.05, 0.1) is 30.9 Å². The third-order valence-corrected chi connectivity index (χ3v) is 6.58. The van der Waals surface area contributed by atoms with Crippen LogP contribution in [0.5, 0.6) is 11.5 Å². The number of ether oxygens (including phenoxy) is 3. The topological polar surface area (TPSA) is 119 Å². The summed E-state index contributed by atoms with van der Waals surface area (Å²) in [5.74, 6) is -0.158. The molecule has 2 aromatic heterocycles. The summed E-state index contributed by atoms with van der Waals surface area (Å²) in [5.41, 5.74) is 6.84. The van der Waals surface area contributed by atoms with Crippen LogP contribution in [0, 0.1) is 0 Å². The Balaban J connectivity index is 1.62. The van der Waals surface area contributed by atoms with Crippen LogP contribution in [0.3, 0.4) is 0 Å². The molecule has 2 aromatic carbocycles. The third kappa shape index (κ3) is 3.58. The molecule has 168 valence electrons. The molecule has 1 aliphatic carbocycles. The molecule has 1 aliphatic rings. The molecule has 2 heterocycles. The van der Waals surface area contributed by atoms with Gasteiger partial charge in [0.2, 0.25) is 0 Å². The van der Waals surface area contributed by atoms with E-state index in [9.17, 15) is 9.59 Å². The first kappa shape index (κ1) is 21.0. The second kappa shape index (κ2) is 7.89. The average molecular weight is 465 g/mol. The summed E-state index contributed by atoms with van der Waals surface area (Å²) in [4.78, 5) is 34.3. The van der Waals surface area contributed by atoms with Gasteiger partial charge in [-0.1, -0.05) is 41.7 Å². The fourth-order valence-corrected chi connectivity index (χ4v) is 4.51. The molecule has 0 unspecified atom stereocenters. The van der Waals surface area contributed by atoms with Crippen molar-refractivity contribution in [1.82, 2.24) is 14.5 Å². The number of carbonyl (C=O) groups is 2. The van der Waals surface area contributed by atoms with Crippen LogP contribution in [0.15, 0.2) is 48.8 Å². The highest BCUT2D eigenvalue weighted by atomic mass is 32.1. The van der Waals surface area contributed by atoms with Gasteiger partial charge < -0.3 is 19.9 Å². The Morgan fingerprint density at radius 1 is 1.09 bits per heavy atom. The molecule has 2 N–H and O–H groups in total. The van der Waals surface area contributed by atoms with Crippen molar-refractivity contribution < 1.29 is 23.8 Å². The highest BCUT2D eigenvalue weighted by Gasteiger charge is 2.53. The number of esters is 1. The Bertz CT molecular complexity index is 1370. The number of thiazole rings is 1. The number of nitrogens with zero attached hydrogens (tertiary/aromatic N) is 3. The van der Waals surface area contributed by atoms with E-state index in [-0.39, 0.29) is 4.88 Å². The summed E-state index contributed by atoms with van der Waals surface area (Å²) in [5, 5.41) is 0.513. The average Bonchev–Trinajstić information content (AvgIpc) is 3.30. The maximum absolute atomic E-state index is 13.1. The minimum atomic E-state index is -1.22. The van der Waals surface area contributed by atoms with Crippen LogP contribution in [0.2, 0.25) is 0 Å². The molecule has 9 nitrogen and oxygen atoms in total. The number of benzene rings is 2. The van der Waals surface area contributed by atoms with Crippen LogP contribution < -0.4 is 15.2 Å². The molecular weight excluding hydrogens is 444 g/mol. The zero-order chi connectivity index (χ0) is 23.2. The Hall–Kier alpha value is -3.92. The smallest absolute Gasteiger partial charge is 0.351 e. The Morgan fingerprint density at radius 3 is 2.42 bits per heavy atom. The highest BCUT2D eigenvalue weighted by Crippen LogP contribution is 2.42. The number of hydrogen-bond donors (Lipinski definition) is 1. The lowest BCUT2D eigenvalue weighted by atomic mass is 10.1. The molecule has 0 saturated heterocycles. The van der Waals surface area contributed by atoms with E-state index in [2.05, 4.69) is 4.98 Å². The van der Waals surface area contributed by atoms with Gasteiger partial charge in [0.1, 0.15) is 11.2 Å². The van der Waals surface area contributed by atoms with Crippen molar-refractivity contribution in [2.24, 2.45) is 5.73 Å². The summed E-state index contributed by atoms with van der Waals surface area (Å²) < 4.78 is 18.1. The number of imidazole rings is 1. The molecule has 0 atom stereocenters. The van der Waals surface area contributed by atoms with Crippen molar-refractivity contribution >= 4 is 34.2 Å². The molecule has 4 aromatic rings. The molecule has 0 aliphatic heterocycles. The van der Waals surface area contributed by atoms with Gasteiger partial charge in [-0.2, -0.15) is 0 Å². The molecule has 10 heteroatoms. The number of hydrogen-bond acceptors (Lipinski definition) is 8.